The van der Waals surface area contributed by atoms with E-state index in [1.165, 1.54) is 24.3 Å². The lowest BCUT2D eigenvalue weighted by molar-refractivity contribution is -0.274. The third-order valence-corrected chi connectivity index (χ3v) is 5.56. The number of para-hydroxylation sites is 1. The number of nitrogens with zero attached hydrogens (tertiary/aromatic N) is 3. The topological polar surface area (TPSA) is 65.7 Å². The smallest absolute Gasteiger partial charge is 0.408 e. The number of allylic oxidation sites excluding steroid dienone is 5. The van der Waals surface area contributed by atoms with E-state index in [9.17, 15) is 18.0 Å². The number of aryl methyl sites for hydroxylation is 1. The molecule has 0 bridgehead atoms. The van der Waals surface area contributed by atoms with Gasteiger partial charge in [-0.15, -0.1) is 13.2 Å². The second-order valence-corrected chi connectivity index (χ2v) is 7.91. The van der Waals surface area contributed by atoms with E-state index < -0.39 is 12.5 Å². The van der Waals surface area contributed by atoms with Crippen LogP contribution in [-0.2, 0) is 0 Å². The number of aromatic nitrogens is 2. The van der Waals surface area contributed by atoms with Crippen LogP contribution in [0.1, 0.15) is 22.9 Å². The molecular formula is C26H18F3N3O3. The van der Waals surface area contributed by atoms with E-state index in [1.54, 1.807) is 35.2 Å². The minimum absolute atomic E-state index is 0.143. The summed E-state index contributed by atoms with van der Waals surface area (Å²) in [4.78, 5) is 20.8. The first-order chi connectivity index (χ1) is 16.8. The maximum atomic E-state index is 12.4. The van der Waals surface area contributed by atoms with Crippen LogP contribution >= 0.6 is 0 Å². The molecule has 1 atom stereocenters. The molecule has 3 aromatic rings. The van der Waals surface area contributed by atoms with Crippen molar-refractivity contribution < 1.29 is 27.4 Å². The van der Waals surface area contributed by atoms with Gasteiger partial charge in [0.2, 0.25) is 0 Å². The number of alkyl halides is 3. The normalized spacial score (nSPS) is 17.5. The Morgan fingerprint density at radius 3 is 2.57 bits per heavy atom. The van der Waals surface area contributed by atoms with E-state index in [0.717, 1.165) is 22.5 Å². The van der Waals surface area contributed by atoms with E-state index in [-0.39, 0.29) is 11.7 Å². The van der Waals surface area contributed by atoms with Gasteiger partial charge in [-0.1, -0.05) is 30.4 Å². The van der Waals surface area contributed by atoms with Crippen molar-refractivity contribution in [3.63, 3.8) is 0 Å². The number of halogens is 3. The Balaban J connectivity index is 1.35. The first-order valence-corrected chi connectivity index (χ1v) is 10.6. The van der Waals surface area contributed by atoms with Crippen LogP contribution in [0.5, 0.6) is 11.5 Å². The number of ether oxygens (including phenoxy) is 2. The number of fused-ring (bicyclic) bond motifs is 3. The highest BCUT2D eigenvalue weighted by molar-refractivity contribution is 6.10. The van der Waals surface area contributed by atoms with Gasteiger partial charge in [0, 0.05) is 11.6 Å². The molecule has 2 aromatic carbocycles. The fraction of sp³-hybridized carbons (Fsp3) is 0.115. The van der Waals surface area contributed by atoms with Crippen molar-refractivity contribution in [1.29, 1.82) is 0 Å². The predicted molar refractivity (Wildman–Crippen MR) is 124 cm³/mol. The highest BCUT2D eigenvalue weighted by Gasteiger charge is 2.31. The molecule has 6 nitrogen and oxygen atoms in total. The Morgan fingerprint density at radius 1 is 1.06 bits per heavy atom. The molecule has 0 radical (unpaired) electrons. The lowest BCUT2D eigenvalue weighted by Gasteiger charge is -2.21. The Bertz CT molecular complexity index is 1410. The molecule has 0 saturated carbocycles. The van der Waals surface area contributed by atoms with Gasteiger partial charge in [0.25, 0.3) is 0 Å². The van der Waals surface area contributed by atoms with Gasteiger partial charge in [-0.2, -0.15) is 4.99 Å². The van der Waals surface area contributed by atoms with Crippen molar-refractivity contribution in [2.75, 3.05) is 0 Å². The van der Waals surface area contributed by atoms with Crippen molar-refractivity contribution in [1.82, 2.24) is 9.55 Å². The average Bonchev–Trinajstić information content (AvgIpc) is 3.24. The summed E-state index contributed by atoms with van der Waals surface area (Å²) in [6.07, 6.45) is 5.37. The van der Waals surface area contributed by atoms with Gasteiger partial charge in [0.1, 0.15) is 17.8 Å². The molecule has 1 unspecified atom stereocenters. The number of hydrogen-bond acceptors (Lipinski definition) is 4. The van der Waals surface area contributed by atoms with E-state index in [0.29, 0.717) is 17.1 Å². The number of carbonyl (C=O) groups excluding carboxylic acids is 1. The zero-order valence-corrected chi connectivity index (χ0v) is 18.4. The fourth-order valence-electron chi connectivity index (χ4n) is 3.94. The summed E-state index contributed by atoms with van der Waals surface area (Å²) in [5, 5.41) is 0. The summed E-state index contributed by atoms with van der Waals surface area (Å²) in [6, 6.07) is 12.8. The molecule has 5 rings (SSSR count). The highest BCUT2D eigenvalue weighted by atomic mass is 19.4. The molecular weight excluding hydrogens is 459 g/mol. The van der Waals surface area contributed by atoms with E-state index >= 15 is 0 Å². The van der Waals surface area contributed by atoms with Crippen LogP contribution < -0.4 is 9.47 Å². The number of carbonyl (C=O) groups is 1. The Labute approximate surface area is 198 Å². The summed E-state index contributed by atoms with van der Waals surface area (Å²) in [7, 11) is 0. The zero-order chi connectivity index (χ0) is 24.6. The summed E-state index contributed by atoms with van der Waals surface area (Å²) in [6.45, 7) is 1.84. The largest absolute Gasteiger partial charge is 0.573 e. The number of amides is 1. The number of aliphatic imine (C=N–C) groups is 1. The van der Waals surface area contributed by atoms with Crippen LogP contribution in [0.3, 0.4) is 0 Å². The zero-order valence-electron chi connectivity index (χ0n) is 18.4. The van der Waals surface area contributed by atoms with Gasteiger partial charge in [-0.05, 0) is 66.6 Å². The van der Waals surface area contributed by atoms with Crippen LogP contribution in [0.4, 0.5) is 18.0 Å². The lowest BCUT2D eigenvalue weighted by atomic mass is 9.85. The lowest BCUT2D eigenvalue weighted by Crippen LogP contribution is -2.17. The number of benzene rings is 2. The highest BCUT2D eigenvalue weighted by Crippen LogP contribution is 2.37. The number of hydrogen-bond donors (Lipinski definition) is 0. The maximum absolute atomic E-state index is 12.4. The summed E-state index contributed by atoms with van der Waals surface area (Å²) in [5.74, 6) is 0.0207. The van der Waals surface area contributed by atoms with E-state index in [4.69, 9.17) is 4.74 Å². The SMILES string of the molecule is Cc1ccccc1OC(=O)/N=C1\C=CC2C(=C1)C=Cc1c2ncn1-c1ccc(OC(F)(F)F)cc1. The predicted octanol–water partition coefficient (Wildman–Crippen LogP) is 6.33. The summed E-state index contributed by atoms with van der Waals surface area (Å²) < 4.78 is 48.3. The molecule has 1 amide bonds. The van der Waals surface area contributed by atoms with Gasteiger partial charge in [0.15, 0.2) is 0 Å². The minimum atomic E-state index is -4.74. The first-order valence-electron chi connectivity index (χ1n) is 10.6. The van der Waals surface area contributed by atoms with Gasteiger partial charge < -0.3 is 9.47 Å². The standard InChI is InChI=1S/C26H18F3N3O3/c1-16-4-2-3-5-23(16)34-25(33)31-18-7-12-21-17(14-18)6-13-22-24(21)30-15-32(22)19-8-10-20(11-9-19)35-26(27,28)29/h2-15,21H,1H3/b31-18+. The van der Waals surface area contributed by atoms with Crippen LogP contribution in [-0.4, -0.2) is 27.7 Å². The molecule has 0 saturated heterocycles. The average molecular weight is 477 g/mol. The van der Waals surface area contributed by atoms with Crippen molar-refractivity contribution in [2.45, 2.75) is 19.2 Å². The Morgan fingerprint density at radius 2 is 1.83 bits per heavy atom. The van der Waals surface area contributed by atoms with Gasteiger partial charge in [0.05, 0.1) is 17.1 Å². The Hall–Kier alpha value is -4.40. The van der Waals surface area contributed by atoms with Crippen molar-refractivity contribution in [2.24, 2.45) is 4.99 Å². The molecule has 0 aliphatic heterocycles. The monoisotopic (exact) mass is 477 g/mol. The molecule has 2 aliphatic carbocycles. The molecule has 0 N–H and O–H groups in total. The minimum Gasteiger partial charge on any atom is -0.408 e. The molecule has 0 fully saturated rings. The van der Waals surface area contributed by atoms with Gasteiger partial charge >= 0.3 is 12.5 Å². The van der Waals surface area contributed by atoms with Crippen LogP contribution in [0.2, 0.25) is 0 Å². The van der Waals surface area contributed by atoms with Crippen LogP contribution in [0, 0.1) is 6.92 Å². The third-order valence-electron chi connectivity index (χ3n) is 5.56. The number of rotatable bonds is 3. The summed E-state index contributed by atoms with van der Waals surface area (Å²) in [5.41, 5.74) is 4.43. The maximum Gasteiger partial charge on any atom is 0.573 e. The van der Waals surface area contributed by atoms with Crippen LogP contribution in [0.25, 0.3) is 11.8 Å². The van der Waals surface area contributed by atoms with Gasteiger partial charge in [-0.3, -0.25) is 4.57 Å². The molecule has 2 aliphatic rings. The molecule has 1 heterocycles. The van der Waals surface area contributed by atoms with Crippen molar-refractivity contribution >= 4 is 17.9 Å². The quantitative estimate of drug-likeness (QED) is 0.443. The second-order valence-electron chi connectivity index (χ2n) is 7.91. The van der Waals surface area contributed by atoms with Gasteiger partial charge in [-0.25, -0.2) is 9.78 Å². The van der Waals surface area contributed by atoms with Crippen molar-refractivity contribution in [3.05, 3.63) is 102 Å². The molecule has 1 aromatic heterocycles. The number of imidazole rings is 1. The van der Waals surface area contributed by atoms with E-state index in [2.05, 4.69) is 14.7 Å². The Kier molecular flexibility index (Phi) is 5.60. The molecule has 9 heteroatoms. The van der Waals surface area contributed by atoms with Crippen LogP contribution in [0.15, 0.2) is 89.7 Å². The third kappa shape index (κ3) is 4.79. The molecule has 176 valence electrons. The summed E-state index contributed by atoms with van der Waals surface area (Å²) >= 11 is 0. The van der Waals surface area contributed by atoms with E-state index in [1.807, 2.05) is 37.3 Å². The first kappa shape index (κ1) is 22.4. The molecule has 0 spiro atoms. The fourth-order valence-corrected chi connectivity index (χ4v) is 3.94. The van der Waals surface area contributed by atoms with Crippen molar-refractivity contribution in [3.8, 4) is 17.2 Å². The molecule has 35 heavy (non-hydrogen) atoms. The second kappa shape index (κ2) is 8.75.